The molecule has 3 heterocycles. The van der Waals surface area contributed by atoms with Crippen LogP contribution in [0.2, 0.25) is 0 Å². The van der Waals surface area contributed by atoms with E-state index < -0.39 is 124 Å². The van der Waals surface area contributed by atoms with Gasteiger partial charge in [-0.15, -0.1) is 0 Å². The van der Waals surface area contributed by atoms with Gasteiger partial charge in [0, 0.05) is 6.42 Å². The van der Waals surface area contributed by atoms with Gasteiger partial charge in [-0.2, -0.15) is 0 Å². The minimum absolute atomic E-state index is 0.235. The zero-order valence-electron chi connectivity index (χ0n) is 63.2. The van der Waals surface area contributed by atoms with E-state index in [9.17, 15) is 61.0 Å². The Kier molecular flexibility index (Phi) is 57.6. The Labute approximate surface area is 607 Å². The van der Waals surface area contributed by atoms with E-state index in [0.29, 0.717) is 12.8 Å². The standard InChI is InChI=1S/C81H153NO18/c1-3-5-7-9-11-13-15-17-19-21-23-25-27-29-30-31-32-33-34-35-37-39-41-43-45-47-49-51-53-55-57-59-69(87)82-64(65(86)58-56-54-52-50-48-46-44-42-40-38-36-28-26-24-22-20-18-16-14-12-10-8-6-4-2)63-95-79-75(93)72(90)77(67(61-84)97-79)100-81-76(94)73(91)78(68(62-85)98-81)99-80-74(92)71(89)70(88)66(60-83)96-80/h15,17,21,23,64-68,70-81,83-86,88-94H,3-14,16,18-20,22,24-63H2,1-2H3,(H,82,87)/b17-15-,23-21-. The normalized spacial score (nSPS) is 26.5. The summed E-state index contributed by atoms with van der Waals surface area (Å²) in [5.41, 5.74) is 0. The van der Waals surface area contributed by atoms with Crippen molar-refractivity contribution in [3.05, 3.63) is 24.3 Å². The Bertz CT molecular complexity index is 1900. The second-order valence-electron chi connectivity index (χ2n) is 29.9. The van der Waals surface area contributed by atoms with Gasteiger partial charge in [0.15, 0.2) is 18.9 Å². The fourth-order valence-electron chi connectivity index (χ4n) is 14.3. The van der Waals surface area contributed by atoms with Crippen molar-refractivity contribution in [1.29, 1.82) is 0 Å². The number of aliphatic hydroxyl groups is 11. The van der Waals surface area contributed by atoms with Gasteiger partial charge in [0.1, 0.15) is 73.2 Å². The van der Waals surface area contributed by atoms with Gasteiger partial charge in [0.25, 0.3) is 0 Å². The average molecular weight is 1430 g/mol. The van der Waals surface area contributed by atoms with Gasteiger partial charge in [-0.3, -0.25) is 4.79 Å². The van der Waals surface area contributed by atoms with E-state index in [1.54, 1.807) is 0 Å². The number of hydrogen-bond acceptors (Lipinski definition) is 18. The van der Waals surface area contributed by atoms with Gasteiger partial charge in [-0.05, 0) is 44.9 Å². The molecule has 0 bridgehead atoms. The number of carbonyl (C=O) groups is 1. The van der Waals surface area contributed by atoms with E-state index in [4.69, 9.17) is 28.4 Å². The third kappa shape index (κ3) is 42.0. The Morgan fingerprint density at radius 1 is 0.360 bits per heavy atom. The molecule has 0 aromatic rings. The number of allylic oxidation sites excluding steroid dienone is 4. The zero-order chi connectivity index (χ0) is 72.5. The molecule has 0 spiro atoms. The summed E-state index contributed by atoms with van der Waals surface area (Å²) in [5.74, 6) is -0.235. The van der Waals surface area contributed by atoms with E-state index in [1.807, 2.05) is 0 Å². The maximum absolute atomic E-state index is 13.5. The summed E-state index contributed by atoms with van der Waals surface area (Å²) in [6.07, 6.45) is 48.4. The molecule has 12 N–H and O–H groups in total. The van der Waals surface area contributed by atoms with E-state index >= 15 is 0 Å². The number of ether oxygens (including phenoxy) is 6. The number of hydrogen-bond donors (Lipinski definition) is 12. The Balaban J connectivity index is 1.35. The molecule has 3 rings (SSSR count). The van der Waals surface area contributed by atoms with Crippen molar-refractivity contribution < 1.29 is 89.4 Å². The summed E-state index contributed by atoms with van der Waals surface area (Å²) in [6, 6.07) is -0.886. The number of unbranched alkanes of at least 4 members (excludes halogenated alkanes) is 47. The highest BCUT2D eigenvalue weighted by atomic mass is 16.8. The average Bonchev–Trinajstić information content (AvgIpc) is 0.783. The fraction of sp³-hybridized carbons (Fsp3) is 0.938. The van der Waals surface area contributed by atoms with Gasteiger partial charge in [0.2, 0.25) is 5.91 Å². The molecule has 3 fully saturated rings. The third-order valence-corrected chi connectivity index (χ3v) is 21.0. The number of carbonyl (C=O) groups excluding carboxylic acids is 1. The van der Waals surface area contributed by atoms with Crippen LogP contribution in [0.1, 0.15) is 354 Å². The first kappa shape index (κ1) is 92.5. The van der Waals surface area contributed by atoms with Crippen molar-refractivity contribution in [2.24, 2.45) is 0 Å². The smallest absolute Gasteiger partial charge is 0.220 e. The monoisotopic (exact) mass is 1430 g/mol. The van der Waals surface area contributed by atoms with Crippen LogP contribution in [0.25, 0.3) is 0 Å². The van der Waals surface area contributed by atoms with E-state index in [-0.39, 0.29) is 18.9 Å². The molecule has 0 aliphatic carbocycles. The molecule has 1 amide bonds. The van der Waals surface area contributed by atoms with Crippen molar-refractivity contribution in [3.8, 4) is 0 Å². The summed E-state index contributed by atoms with van der Waals surface area (Å²) in [4.78, 5) is 13.5. The van der Waals surface area contributed by atoms with E-state index in [2.05, 4.69) is 43.5 Å². The van der Waals surface area contributed by atoms with E-state index in [1.165, 1.54) is 270 Å². The molecule has 17 atom stereocenters. The summed E-state index contributed by atoms with van der Waals surface area (Å²) < 4.78 is 34.6. The predicted molar refractivity (Wildman–Crippen MR) is 397 cm³/mol. The molecule has 19 nitrogen and oxygen atoms in total. The van der Waals surface area contributed by atoms with Gasteiger partial charge in [0.05, 0.1) is 38.6 Å². The summed E-state index contributed by atoms with van der Waals surface area (Å²) in [5, 5.41) is 121. The molecule has 0 aromatic heterocycles. The first-order valence-corrected chi connectivity index (χ1v) is 41.6. The SMILES string of the molecule is CCCCCCC/C=C\C/C=C\CCCCCCCCCCCCCCCCCCCCCC(=O)NC(COC1OC(CO)C(OC2OC(CO)C(OC3OC(CO)C(O)C(O)C3O)C(O)C2O)C(O)C1O)C(O)CCCCCCCCCCCCCCCCCCCCCCCCCC. The summed E-state index contributed by atoms with van der Waals surface area (Å²) >= 11 is 0. The first-order chi connectivity index (χ1) is 48.8. The van der Waals surface area contributed by atoms with Crippen molar-refractivity contribution in [2.45, 2.75) is 458 Å². The van der Waals surface area contributed by atoms with E-state index in [0.717, 1.165) is 51.4 Å². The van der Waals surface area contributed by atoms with Gasteiger partial charge in [-0.25, -0.2) is 0 Å². The lowest BCUT2D eigenvalue weighted by Crippen LogP contribution is -2.66. The number of rotatable bonds is 67. The van der Waals surface area contributed by atoms with Crippen molar-refractivity contribution in [3.63, 3.8) is 0 Å². The van der Waals surface area contributed by atoms with Crippen molar-refractivity contribution >= 4 is 5.91 Å². The summed E-state index contributed by atoms with van der Waals surface area (Å²) in [7, 11) is 0. The largest absolute Gasteiger partial charge is 0.394 e. The van der Waals surface area contributed by atoms with Crippen LogP contribution in [-0.4, -0.2) is 193 Å². The van der Waals surface area contributed by atoms with Crippen LogP contribution in [0.5, 0.6) is 0 Å². The lowest BCUT2D eigenvalue weighted by molar-refractivity contribution is -0.379. The first-order valence-electron chi connectivity index (χ1n) is 41.6. The lowest BCUT2D eigenvalue weighted by Gasteiger charge is -2.48. The molecule has 3 aliphatic rings. The zero-order valence-corrected chi connectivity index (χ0v) is 63.2. The minimum atomic E-state index is -1.97. The van der Waals surface area contributed by atoms with Gasteiger partial charge < -0.3 is 89.9 Å². The molecule has 3 aliphatic heterocycles. The number of aliphatic hydroxyl groups excluding tert-OH is 11. The minimum Gasteiger partial charge on any atom is -0.394 e. The molecule has 100 heavy (non-hydrogen) atoms. The molecule has 0 aromatic carbocycles. The maximum Gasteiger partial charge on any atom is 0.220 e. The number of amides is 1. The lowest BCUT2D eigenvalue weighted by atomic mass is 9.96. The van der Waals surface area contributed by atoms with Gasteiger partial charge in [-0.1, -0.05) is 327 Å². The highest BCUT2D eigenvalue weighted by Gasteiger charge is 2.54. The highest BCUT2D eigenvalue weighted by molar-refractivity contribution is 5.76. The maximum atomic E-state index is 13.5. The molecule has 3 saturated heterocycles. The third-order valence-electron chi connectivity index (χ3n) is 21.0. The molecule has 0 saturated carbocycles. The van der Waals surface area contributed by atoms with Crippen molar-refractivity contribution in [1.82, 2.24) is 5.32 Å². The Morgan fingerprint density at radius 2 is 0.660 bits per heavy atom. The topological polar surface area (TPSA) is 307 Å². The van der Waals surface area contributed by atoms with Crippen molar-refractivity contribution in [2.75, 3.05) is 26.4 Å². The molecule has 19 heteroatoms. The highest BCUT2D eigenvalue weighted by Crippen LogP contribution is 2.33. The quantitative estimate of drug-likeness (QED) is 0.0199. The molecular weight excluding hydrogens is 1270 g/mol. The van der Waals surface area contributed by atoms with Crippen LogP contribution < -0.4 is 5.32 Å². The Morgan fingerprint density at radius 3 is 1.02 bits per heavy atom. The summed E-state index contributed by atoms with van der Waals surface area (Å²) in [6.45, 7) is 1.85. The van der Waals surface area contributed by atoms with Crippen LogP contribution in [-0.2, 0) is 33.2 Å². The van der Waals surface area contributed by atoms with Gasteiger partial charge >= 0.3 is 0 Å². The molecule has 590 valence electrons. The number of nitrogens with one attached hydrogen (secondary N) is 1. The van der Waals surface area contributed by atoms with Crippen LogP contribution in [0.4, 0.5) is 0 Å². The molecular formula is C81H153NO18. The van der Waals surface area contributed by atoms with Crippen LogP contribution in [0.15, 0.2) is 24.3 Å². The second-order valence-corrected chi connectivity index (χ2v) is 29.9. The Hall–Kier alpha value is -1.73. The molecule has 0 radical (unpaired) electrons. The van der Waals surface area contributed by atoms with Crippen LogP contribution in [0.3, 0.4) is 0 Å². The second kappa shape index (κ2) is 62.3. The fourth-order valence-corrected chi connectivity index (χ4v) is 14.3. The predicted octanol–water partition coefficient (Wildman–Crippen LogP) is 14.1. The van der Waals surface area contributed by atoms with Crippen LogP contribution >= 0.6 is 0 Å². The molecule has 17 unspecified atom stereocenters. The van der Waals surface area contributed by atoms with Crippen LogP contribution in [0, 0.1) is 0 Å².